The molecule has 4 aromatic rings. The Morgan fingerprint density at radius 1 is 1.12 bits per heavy atom. The lowest BCUT2D eigenvalue weighted by Crippen LogP contribution is -2.52. The van der Waals surface area contributed by atoms with Crippen molar-refractivity contribution in [1.29, 1.82) is 0 Å². The molecule has 0 radical (unpaired) electrons. The molecule has 0 saturated carbocycles. The molecule has 2 bridgehead atoms. The predicted molar refractivity (Wildman–Crippen MR) is 152 cm³/mol. The molecule has 2 N–H and O–H groups in total. The highest BCUT2D eigenvalue weighted by Gasteiger charge is 2.48. The number of Topliss-reactive ketones (excluding diaryl/α,β-unsaturated/α-hetero) is 1. The first kappa shape index (κ1) is 25.8. The van der Waals surface area contributed by atoms with E-state index in [9.17, 15) is 14.7 Å². The first-order chi connectivity index (χ1) is 19.7. The van der Waals surface area contributed by atoms with Crippen molar-refractivity contribution < 1.29 is 14.7 Å². The number of aryl methyl sites for hydroxylation is 1. The van der Waals surface area contributed by atoms with Crippen LogP contribution in [0.1, 0.15) is 67.9 Å². The van der Waals surface area contributed by atoms with Gasteiger partial charge in [0, 0.05) is 61.5 Å². The standard InChI is InChI=1S/C30H34N8O3/c1-30(2,16-39)29(41)37-19-5-6-20(37)13-18(12-19)26-25-24(40)8-10-31-28(25)38-27(34-26)21(15-33-38)17-4-7-22(32-14-17)23-9-11-36(3)35-23/h4,7,9,11,14-15,18-20,31,39H,5-6,8,10,12-13,16H2,1-3H3. The average molecular weight is 555 g/mol. The Morgan fingerprint density at radius 2 is 1.90 bits per heavy atom. The fraction of sp³-hybridized carbons (Fsp3) is 0.467. The summed E-state index contributed by atoms with van der Waals surface area (Å²) in [7, 11) is 1.88. The summed E-state index contributed by atoms with van der Waals surface area (Å²) in [5, 5.41) is 22.4. The lowest BCUT2D eigenvalue weighted by atomic mass is 9.82. The molecule has 4 aromatic heterocycles. The van der Waals surface area contributed by atoms with Crippen molar-refractivity contribution in [1.82, 2.24) is 34.3 Å². The number of pyridine rings is 1. The van der Waals surface area contributed by atoms with Crippen LogP contribution < -0.4 is 5.32 Å². The summed E-state index contributed by atoms with van der Waals surface area (Å²) < 4.78 is 3.49. The number of amides is 1. The van der Waals surface area contributed by atoms with Crippen LogP contribution in [0.15, 0.2) is 36.8 Å². The molecule has 11 nitrogen and oxygen atoms in total. The second-order valence-corrected chi connectivity index (χ2v) is 12.2. The largest absolute Gasteiger partial charge is 0.395 e. The van der Waals surface area contributed by atoms with Gasteiger partial charge in [-0.3, -0.25) is 19.3 Å². The summed E-state index contributed by atoms with van der Waals surface area (Å²) >= 11 is 0. The van der Waals surface area contributed by atoms with E-state index in [0.29, 0.717) is 30.0 Å². The minimum atomic E-state index is -0.809. The first-order valence-corrected chi connectivity index (χ1v) is 14.3. The molecule has 41 heavy (non-hydrogen) atoms. The highest BCUT2D eigenvalue weighted by Crippen LogP contribution is 2.46. The number of hydrogen-bond acceptors (Lipinski definition) is 8. The zero-order valence-electron chi connectivity index (χ0n) is 23.5. The van der Waals surface area contributed by atoms with Gasteiger partial charge in [-0.2, -0.15) is 14.7 Å². The topological polar surface area (TPSA) is 131 Å². The van der Waals surface area contributed by atoms with Gasteiger partial charge in [0.05, 0.1) is 35.2 Å². The number of anilines is 1. The van der Waals surface area contributed by atoms with Crippen LogP contribution in [0.3, 0.4) is 0 Å². The van der Waals surface area contributed by atoms with E-state index in [0.717, 1.165) is 53.9 Å². The number of piperidine rings is 1. The summed E-state index contributed by atoms with van der Waals surface area (Å²) in [6.45, 7) is 3.97. The van der Waals surface area contributed by atoms with Crippen molar-refractivity contribution in [2.24, 2.45) is 12.5 Å². The molecule has 0 spiro atoms. The fourth-order valence-electron chi connectivity index (χ4n) is 6.77. The van der Waals surface area contributed by atoms with Gasteiger partial charge in [-0.05, 0) is 51.7 Å². The summed E-state index contributed by atoms with van der Waals surface area (Å²) in [5.74, 6) is 0.823. The molecule has 212 valence electrons. The van der Waals surface area contributed by atoms with Gasteiger partial charge in [0.15, 0.2) is 11.4 Å². The molecule has 2 saturated heterocycles. The highest BCUT2D eigenvalue weighted by atomic mass is 16.3. The number of fused-ring (bicyclic) bond motifs is 5. The predicted octanol–water partition coefficient (Wildman–Crippen LogP) is 3.45. The van der Waals surface area contributed by atoms with Gasteiger partial charge in [-0.15, -0.1) is 0 Å². The third kappa shape index (κ3) is 4.13. The molecular weight excluding hydrogens is 520 g/mol. The number of nitrogens with one attached hydrogen (secondary N) is 1. The summed E-state index contributed by atoms with van der Waals surface area (Å²) in [6.07, 6.45) is 9.25. The van der Waals surface area contributed by atoms with E-state index in [1.807, 2.05) is 42.5 Å². The van der Waals surface area contributed by atoms with E-state index in [1.165, 1.54) is 0 Å². The van der Waals surface area contributed by atoms with E-state index in [1.54, 1.807) is 29.2 Å². The molecule has 7 rings (SSSR count). The highest BCUT2D eigenvalue weighted by molar-refractivity contribution is 6.04. The minimum Gasteiger partial charge on any atom is -0.395 e. The Bertz CT molecular complexity index is 1660. The van der Waals surface area contributed by atoms with Crippen molar-refractivity contribution in [3.05, 3.63) is 48.0 Å². The fourth-order valence-corrected chi connectivity index (χ4v) is 6.77. The molecule has 0 aliphatic carbocycles. The number of nitrogens with zero attached hydrogens (tertiary/aromatic N) is 7. The third-order valence-electron chi connectivity index (χ3n) is 8.98. The Kier molecular flexibility index (Phi) is 5.97. The van der Waals surface area contributed by atoms with Gasteiger partial charge in [0.2, 0.25) is 5.91 Å². The van der Waals surface area contributed by atoms with Gasteiger partial charge >= 0.3 is 0 Å². The number of carbonyl (C=O) groups excluding carboxylic acids is 2. The van der Waals surface area contributed by atoms with Gasteiger partial charge in [0.1, 0.15) is 11.5 Å². The quantitative estimate of drug-likeness (QED) is 0.384. The molecule has 11 heteroatoms. The van der Waals surface area contributed by atoms with Crippen LogP contribution in [0.2, 0.25) is 0 Å². The zero-order chi connectivity index (χ0) is 28.5. The Morgan fingerprint density at radius 3 is 2.56 bits per heavy atom. The molecule has 2 fully saturated rings. The summed E-state index contributed by atoms with van der Waals surface area (Å²) in [6, 6.07) is 6.02. The maximum Gasteiger partial charge on any atom is 0.231 e. The maximum atomic E-state index is 13.4. The Balaban J connectivity index is 1.28. The number of carbonyl (C=O) groups is 2. The summed E-state index contributed by atoms with van der Waals surface area (Å²) in [5.41, 5.74) is 4.61. The zero-order valence-corrected chi connectivity index (χ0v) is 23.5. The number of hydrogen-bond donors (Lipinski definition) is 2. The van der Waals surface area contributed by atoms with Crippen LogP contribution in [0.4, 0.5) is 5.82 Å². The second kappa shape index (κ2) is 9.47. The van der Waals surface area contributed by atoms with Crippen molar-refractivity contribution >= 4 is 23.2 Å². The van der Waals surface area contributed by atoms with E-state index < -0.39 is 5.41 Å². The van der Waals surface area contributed by atoms with Crippen LogP contribution >= 0.6 is 0 Å². The Hall–Kier alpha value is -4.12. The van der Waals surface area contributed by atoms with Crippen LogP contribution in [-0.2, 0) is 11.8 Å². The van der Waals surface area contributed by atoms with Gasteiger partial charge in [-0.1, -0.05) is 6.07 Å². The average Bonchev–Trinajstić information content (AvgIpc) is 3.67. The molecule has 3 aliphatic heterocycles. The summed E-state index contributed by atoms with van der Waals surface area (Å²) in [4.78, 5) is 38.5. The van der Waals surface area contributed by atoms with Gasteiger partial charge in [-0.25, -0.2) is 4.98 Å². The van der Waals surface area contributed by atoms with Crippen LogP contribution in [0, 0.1) is 5.41 Å². The van der Waals surface area contributed by atoms with E-state index in [4.69, 9.17) is 4.98 Å². The van der Waals surface area contributed by atoms with Gasteiger partial charge < -0.3 is 15.3 Å². The molecule has 1 amide bonds. The first-order valence-electron chi connectivity index (χ1n) is 14.3. The van der Waals surface area contributed by atoms with E-state index in [2.05, 4.69) is 20.5 Å². The van der Waals surface area contributed by atoms with E-state index >= 15 is 0 Å². The number of aliphatic hydroxyl groups excluding tert-OH is 1. The lowest BCUT2D eigenvalue weighted by molar-refractivity contribution is -0.147. The smallest absolute Gasteiger partial charge is 0.231 e. The molecule has 2 unspecified atom stereocenters. The molecular formula is C30H34N8O3. The van der Waals surface area contributed by atoms with Crippen molar-refractivity contribution in [3.63, 3.8) is 0 Å². The van der Waals surface area contributed by atoms with Crippen LogP contribution in [0.5, 0.6) is 0 Å². The third-order valence-corrected chi connectivity index (χ3v) is 8.98. The molecule has 0 aromatic carbocycles. The monoisotopic (exact) mass is 554 g/mol. The number of rotatable bonds is 5. The molecule has 2 atom stereocenters. The SMILES string of the molecule is Cn1ccc(-c2ccc(-c3cnn4c5c(c(C6CC7CCC(C6)N7C(=O)C(C)(C)CO)nc34)C(=O)CCN5)cn2)n1. The number of ketones is 1. The molecule has 7 heterocycles. The maximum absolute atomic E-state index is 13.4. The van der Waals surface area contributed by atoms with Crippen LogP contribution in [-0.4, -0.2) is 76.3 Å². The van der Waals surface area contributed by atoms with E-state index in [-0.39, 0.29) is 36.3 Å². The van der Waals surface area contributed by atoms with Gasteiger partial charge in [0.25, 0.3) is 0 Å². The number of aliphatic hydroxyl groups is 1. The van der Waals surface area contributed by atoms with Crippen molar-refractivity contribution in [2.75, 3.05) is 18.5 Å². The lowest BCUT2D eigenvalue weighted by Gasteiger charge is -2.42. The van der Waals surface area contributed by atoms with Crippen LogP contribution in [0.25, 0.3) is 28.2 Å². The molecule has 3 aliphatic rings. The van der Waals surface area contributed by atoms with Crippen molar-refractivity contribution in [3.8, 4) is 22.5 Å². The second-order valence-electron chi connectivity index (χ2n) is 12.2. The normalized spacial score (nSPS) is 22.2. The van der Waals surface area contributed by atoms with Crippen molar-refractivity contribution in [2.45, 2.75) is 64.0 Å². The minimum absolute atomic E-state index is 0.00820. The number of aromatic nitrogens is 6. The Labute approximate surface area is 237 Å².